The number of aliphatic hydroxyl groups excluding tert-OH is 1. The zero-order valence-electron chi connectivity index (χ0n) is 10.5. The minimum Gasteiger partial charge on any atom is -0.395 e. The fraction of sp³-hybridized carbons (Fsp3) is 0.583. The molecule has 0 radical (unpaired) electrons. The van der Waals surface area contributed by atoms with Gasteiger partial charge < -0.3 is 10.4 Å². The summed E-state index contributed by atoms with van der Waals surface area (Å²) in [5.41, 5.74) is 0. The molecule has 0 spiro atoms. The highest BCUT2D eigenvalue weighted by Gasteiger charge is 2.09. The third-order valence-electron chi connectivity index (χ3n) is 2.41. The van der Waals surface area contributed by atoms with Crippen molar-refractivity contribution >= 4 is 28.8 Å². The van der Waals surface area contributed by atoms with Crippen molar-refractivity contribution in [1.29, 1.82) is 0 Å². The minimum atomic E-state index is -0.0265. The summed E-state index contributed by atoms with van der Waals surface area (Å²) in [7, 11) is 0. The summed E-state index contributed by atoms with van der Waals surface area (Å²) in [6.07, 6.45) is 0.966. The normalized spacial score (nSPS) is 10.9. The number of nitrogens with zero attached hydrogens (tertiary/aromatic N) is 1. The van der Waals surface area contributed by atoms with Crippen LogP contribution in [-0.2, 0) is 11.3 Å². The van der Waals surface area contributed by atoms with Crippen molar-refractivity contribution in [2.45, 2.75) is 19.9 Å². The van der Waals surface area contributed by atoms with Crippen molar-refractivity contribution in [1.82, 2.24) is 10.2 Å². The van der Waals surface area contributed by atoms with Crippen LogP contribution in [0.3, 0.4) is 0 Å². The fourth-order valence-corrected chi connectivity index (χ4v) is 2.65. The number of halogens is 1. The van der Waals surface area contributed by atoms with E-state index in [4.69, 9.17) is 16.7 Å². The first-order valence-electron chi connectivity index (χ1n) is 5.99. The number of hydrogen-bond donors (Lipinski definition) is 2. The smallest absolute Gasteiger partial charge is 0.234 e. The first-order chi connectivity index (χ1) is 8.65. The van der Waals surface area contributed by atoms with E-state index < -0.39 is 0 Å². The van der Waals surface area contributed by atoms with Gasteiger partial charge in [0.1, 0.15) is 0 Å². The lowest BCUT2D eigenvalue weighted by molar-refractivity contribution is -0.122. The maximum absolute atomic E-state index is 11.7. The van der Waals surface area contributed by atoms with Gasteiger partial charge in [0.25, 0.3) is 0 Å². The molecule has 0 aromatic carbocycles. The maximum Gasteiger partial charge on any atom is 0.234 e. The second-order valence-electron chi connectivity index (χ2n) is 3.98. The van der Waals surface area contributed by atoms with Crippen LogP contribution in [0.4, 0.5) is 0 Å². The summed E-state index contributed by atoms with van der Waals surface area (Å²) >= 11 is 7.28. The Kier molecular flexibility index (Phi) is 7.27. The molecule has 0 aliphatic heterocycles. The molecule has 1 rings (SSSR count). The molecule has 1 aromatic rings. The highest BCUT2D eigenvalue weighted by atomic mass is 35.5. The molecule has 2 N–H and O–H groups in total. The first kappa shape index (κ1) is 15.4. The van der Waals surface area contributed by atoms with Crippen molar-refractivity contribution in [3.8, 4) is 0 Å². The van der Waals surface area contributed by atoms with Crippen LogP contribution in [0.1, 0.15) is 18.2 Å². The molecule has 1 amide bonds. The van der Waals surface area contributed by atoms with Gasteiger partial charge in [-0.05, 0) is 25.1 Å². The van der Waals surface area contributed by atoms with E-state index in [1.807, 2.05) is 17.0 Å². The van der Waals surface area contributed by atoms with Gasteiger partial charge >= 0.3 is 0 Å². The SMILES string of the molecule is CCCN(CCO)CC(=O)NCc1ccc(Cl)s1. The molecular formula is C12H19ClN2O2S. The average molecular weight is 291 g/mol. The van der Waals surface area contributed by atoms with Crippen LogP contribution >= 0.6 is 22.9 Å². The lowest BCUT2D eigenvalue weighted by Gasteiger charge is -2.19. The van der Waals surface area contributed by atoms with E-state index in [9.17, 15) is 4.79 Å². The van der Waals surface area contributed by atoms with E-state index in [2.05, 4.69) is 12.2 Å². The zero-order valence-corrected chi connectivity index (χ0v) is 12.1. The van der Waals surface area contributed by atoms with E-state index in [0.717, 1.165) is 22.2 Å². The second kappa shape index (κ2) is 8.48. The highest BCUT2D eigenvalue weighted by molar-refractivity contribution is 7.16. The predicted molar refractivity (Wildman–Crippen MR) is 75.0 cm³/mol. The monoisotopic (exact) mass is 290 g/mol. The number of amides is 1. The van der Waals surface area contributed by atoms with Crippen molar-refractivity contribution in [3.05, 3.63) is 21.3 Å². The van der Waals surface area contributed by atoms with E-state index in [-0.39, 0.29) is 12.5 Å². The Morgan fingerprint density at radius 1 is 1.50 bits per heavy atom. The van der Waals surface area contributed by atoms with Crippen molar-refractivity contribution < 1.29 is 9.90 Å². The van der Waals surface area contributed by atoms with Gasteiger partial charge in [0.2, 0.25) is 5.91 Å². The quantitative estimate of drug-likeness (QED) is 0.766. The van der Waals surface area contributed by atoms with Gasteiger partial charge in [-0.2, -0.15) is 0 Å². The summed E-state index contributed by atoms with van der Waals surface area (Å²) in [5.74, 6) is -0.0265. The van der Waals surface area contributed by atoms with E-state index in [0.29, 0.717) is 19.6 Å². The fourth-order valence-electron chi connectivity index (χ4n) is 1.62. The van der Waals surface area contributed by atoms with Gasteiger partial charge in [-0.25, -0.2) is 0 Å². The van der Waals surface area contributed by atoms with Gasteiger partial charge in [-0.15, -0.1) is 11.3 Å². The molecule has 0 fully saturated rings. The summed E-state index contributed by atoms with van der Waals surface area (Å²) in [4.78, 5) is 14.7. The molecule has 1 aromatic heterocycles. The third-order valence-corrected chi connectivity index (χ3v) is 3.64. The number of thiophene rings is 1. The number of carbonyl (C=O) groups is 1. The van der Waals surface area contributed by atoms with Gasteiger partial charge in [-0.1, -0.05) is 18.5 Å². The zero-order chi connectivity index (χ0) is 13.4. The highest BCUT2D eigenvalue weighted by Crippen LogP contribution is 2.20. The maximum atomic E-state index is 11.7. The largest absolute Gasteiger partial charge is 0.395 e. The van der Waals surface area contributed by atoms with Crippen molar-refractivity contribution in [2.24, 2.45) is 0 Å². The molecule has 102 valence electrons. The predicted octanol–water partition coefficient (Wildman–Crippen LogP) is 1.72. The van der Waals surface area contributed by atoms with E-state index >= 15 is 0 Å². The van der Waals surface area contributed by atoms with Crippen LogP contribution in [0.25, 0.3) is 0 Å². The Hall–Kier alpha value is -0.620. The topological polar surface area (TPSA) is 52.6 Å². The van der Waals surface area contributed by atoms with Gasteiger partial charge in [0.15, 0.2) is 0 Å². The molecule has 0 unspecified atom stereocenters. The Morgan fingerprint density at radius 3 is 2.83 bits per heavy atom. The Morgan fingerprint density at radius 2 is 2.28 bits per heavy atom. The molecule has 0 aliphatic rings. The molecule has 0 aliphatic carbocycles. The van der Waals surface area contributed by atoms with E-state index in [1.165, 1.54) is 11.3 Å². The number of aliphatic hydroxyl groups is 1. The summed E-state index contributed by atoms with van der Waals surface area (Å²) in [5, 5.41) is 11.7. The molecule has 6 heteroatoms. The van der Waals surface area contributed by atoms with Crippen LogP contribution in [0.2, 0.25) is 4.34 Å². The van der Waals surface area contributed by atoms with Crippen LogP contribution < -0.4 is 5.32 Å². The molecule has 1 heterocycles. The standard InChI is InChI=1S/C12H19ClN2O2S/c1-2-5-15(6-7-16)9-12(17)14-8-10-3-4-11(13)18-10/h3-4,16H,2,5-9H2,1H3,(H,14,17). The van der Waals surface area contributed by atoms with Crippen LogP contribution in [0.5, 0.6) is 0 Å². The Bertz CT molecular complexity index is 365. The lowest BCUT2D eigenvalue weighted by Crippen LogP contribution is -2.38. The van der Waals surface area contributed by atoms with Crippen LogP contribution in [0, 0.1) is 0 Å². The summed E-state index contributed by atoms with van der Waals surface area (Å²) < 4.78 is 0.729. The lowest BCUT2D eigenvalue weighted by atomic mass is 10.3. The Labute approximate surface area is 117 Å². The molecule has 0 saturated heterocycles. The van der Waals surface area contributed by atoms with Gasteiger partial charge in [0, 0.05) is 11.4 Å². The number of nitrogens with one attached hydrogen (secondary N) is 1. The first-order valence-corrected chi connectivity index (χ1v) is 7.19. The van der Waals surface area contributed by atoms with Crippen molar-refractivity contribution in [2.75, 3.05) is 26.2 Å². The minimum absolute atomic E-state index is 0.0265. The summed E-state index contributed by atoms with van der Waals surface area (Å²) in [6, 6.07) is 3.73. The van der Waals surface area contributed by atoms with Crippen LogP contribution in [0.15, 0.2) is 12.1 Å². The van der Waals surface area contributed by atoms with Gasteiger partial charge in [0.05, 0.1) is 24.0 Å². The molecule has 0 saturated carbocycles. The van der Waals surface area contributed by atoms with Crippen LogP contribution in [-0.4, -0.2) is 42.2 Å². The van der Waals surface area contributed by atoms with Crippen molar-refractivity contribution in [3.63, 3.8) is 0 Å². The third kappa shape index (κ3) is 5.82. The summed E-state index contributed by atoms with van der Waals surface area (Å²) in [6.45, 7) is 4.32. The number of carbonyl (C=O) groups excluding carboxylic acids is 1. The second-order valence-corrected chi connectivity index (χ2v) is 5.78. The number of hydrogen-bond acceptors (Lipinski definition) is 4. The molecule has 0 bridgehead atoms. The molecular weight excluding hydrogens is 272 g/mol. The molecule has 4 nitrogen and oxygen atoms in total. The molecule has 0 atom stereocenters. The molecule has 18 heavy (non-hydrogen) atoms. The number of rotatable bonds is 8. The van der Waals surface area contributed by atoms with E-state index in [1.54, 1.807) is 0 Å². The van der Waals surface area contributed by atoms with Gasteiger partial charge in [-0.3, -0.25) is 9.69 Å². The Balaban J connectivity index is 2.31. The average Bonchev–Trinajstić information content (AvgIpc) is 2.73.